The molecule has 10 aromatic rings. The van der Waals surface area contributed by atoms with Crippen LogP contribution in [0.2, 0.25) is 15.1 Å². The van der Waals surface area contributed by atoms with Crippen LogP contribution in [0, 0.1) is 34.0 Å². The van der Waals surface area contributed by atoms with E-state index in [1.54, 1.807) is 134 Å². The fourth-order valence-electron chi connectivity index (χ4n) is 13.0. The largest absolute Gasteiger partial charge is 0.508 e. The summed E-state index contributed by atoms with van der Waals surface area (Å²) in [7, 11) is 21.7. The standard InChI is InChI=1S/C25H32ClN3O3S.C22H23ClF3N3O2S.C20H24ClN3OS.C10H10N2OS.C10H14N2S2.C10H10N2S2.C7H5NO/c1-25(2,3)32-23(30)29-14-12-18-8-11-21(26)22(20(18)13-15-29)27-16-17-6-9-19(10-7-17)33-24(31)28(4)5;1-28(2)21(31)32-16-6-3-14(4-7-16)13-27-19-17-10-12-29(20(30)22(24,25)26)11-9-15(17)5-8-18(19)23;1-24(2)20(25)26-16-6-3-14(4-7-16)13-23-19-17-10-12-22-11-9-15(17)5-8-18(19)21;1-12(2)10(14)13-9-5-3-8(7-11)4-6-9;2*1-12(2)10(13)14-9-5-3-8(7-11)4-6-9;8-5-6-1-3-7(9)4-2-6/h6-11,27H,12-16H2,1-5H3;3-8,27H,9-13H2,1-2H3;3-8,22-23H,9-13H2,1-2H3;3-6H,1-2H3;3-6H,7,11H2,1-2H3;3-6H,1-2H3;1-4,9H. The van der Waals surface area contributed by atoms with E-state index in [4.69, 9.17) is 108 Å². The average Bonchev–Trinajstić information content (AvgIpc) is 1.83. The molecule has 3 aliphatic heterocycles. The summed E-state index contributed by atoms with van der Waals surface area (Å²) >= 11 is 41.4. The van der Waals surface area contributed by atoms with Gasteiger partial charge in [-0.2, -0.15) is 29.0 Å². The molecule has 0 saturated carbocycles. The first-order valence-electron chi connectivity index (χ1n) is 44.6. The van der Waals surface area contributed by atoms with Crippen molar-refractivity contribution < 1.29 is 51.7 Å². The van der Waals surface area contributed by atoms with Crippen LogP contribution in [0.4, 0.5) is 49.4 Å². The number of carbonyl (C=O) groups excluding carboxylic acids is 5. The van der Waals surface area contributed by atoms with Crippen molar-refractivity contribution in [3.05, 3.63) is 294 Å². The Hall–Kier alpha value is -11.2. The van der Waals surface area contributed by atoms with Crippen LogP contribution in [-0.2, 0) is 74.2 Å². The van der Waals surface area contributed by atoms with Crippen molar-refractivity contribution in [3.63, 3.8) is 0 Å². The molecule has 7 N–H and O–H groups in total. The maximum atomic E-state index is 12.8. The molecule has 24 nitrogen and oxygen atoms in total. The van der Waals surface area contributed by atoms with Crippen LogP contribution in [-0.4, -0.2) is 221 Å². The van der Waals surface area contributed by atoms with E-state index in [9.17, 15) is 37.1 Å². The van der Waals surface area contributed by atoms with Crippen molar-refractivity contribution in [2.24, 2.45) is 5.73 Å². The molecule has 752 valence electrons. The van der Waals surface area contributed by atoms with E-state index < -0.39 is 17.7 Å². The first kappa shape index (κ1) is 118. The van der Waals surface area contributed by atoms with Crippen LogP contribution in [0.1, 0.15) is 93.1 Å². The van der Waals surface area contributed by atoms with Gasteiger partial charge in [-0.25, -0.2) is 4.79 Å². The molecule has 0 atom stereocenters. The van der Waals surface area contributed by atoms with Gasteiger partial charge in [-0.15, -0.1) is 0 Å². The topological polar surface area (TPSA) is 295 Å². The third-order valence-electron chi connectivity index (χ3n) is 20.7. The Labute approximate surface area is 884 Å². The number of carbonyl (C=O) groups is 5. The highest BCUT2D eigenvalue weighted by Gasteiger charge is 2.43. The summed E-state index contributed by atoms with van der Waals surface area (Å²) < 4.78 is 51.1. The minimum atomic E-state index is -4.88. The van der Waals surface area contributed by atoms with Gasteiger partial charge >= 0.3 is 18.2 Å². The fraction of sp³-hybridized carbons (Fsp3) is 0.317. The number of phenolic OH excluding ortho intramolecular Hbond substituents is 1. The predicted molar refractivity (Wildman–Crippen MR) is 587 cm³/mol. The number of phenols is 1. The molecule has 0 aromatic heterocycles. The second-order valence-corrected chi connectivity index (χ2v) is 42.1. The van der Waals surface area contributed by atoms with Gasteiger partial charge in [0.05, 0.1) is 67.0 Å². The van der Waals surface area contributed by atoms with Gasteiger partial charge in [0.2, 0.25) is 0 Å². The van der Waals surface area contributed by atoms with Crippen molar-refractivity contribution >= 4 is 189 Å². The van der Waals surface area contributed by atoms with Crippen LogP contribution >= 0.6 is 130 Å². The number of aromatic hydroxyl groups is 1. The Bertz CT molecular complexity index is 5940. The van der Waals surface area contributed by atoms with Crippen LogP contribution in [0.3, 0.4) is 0 Å². The van der Waals surface area contributed by atoms with Gasteiger partial charge in [-0.3, -0.25) is 19.2 Å². The molecular weight excluding hydrogens is 2020 g/mol. The second-order valence-electron chi connectivity index (χ2n) is 34.0. The van der Waals surface area contributed by atoms with Gasteiger partial charge in [0.1, 0.15) is 25.7 Å². The number of alkyl halides is 3. The van der Waals surface area contributed by atoms with Gasteiger partial charge in [-0.05, 0) is 315 Å². The molecule has 3 aliphatic rings. The normalized spacial score (nSPS) is 12.1. The quantitative estimate of drug-likeness (QED) is 0.0387. The zero-order valence-corrected chi connectivity index (χ0v) is 90.6. The van der Waals surface area contributed by atoms with E-state index >= 15 is 0 Å². The number of benzene rings is 10. The number of halogens is 6. The number of nitrogens with zero attached hydrogens (tertiary/aromatic N) is 11. The van der Waals surface area contributed by atoms with E-state index in [-0.39, 0.29) is 47.1 Å². The SMILES string of the molecule is CN(C)C(=O)Sc1ccc(CNc2c(Cl)ccc3c2CCN(C(=O)C(F)(F)F)CC3)cc1.CN(C)C(=O)Sc1ccc(CNc2c(Cl)ccc3c2CCN(C(=O)OC(C)(C)C)CC3)cc1.CN(C)C(=O)Sc1ccc(CNc2c(Cl)ccc3c2CCNCC3)cc1.CN(C)C(=S)Oc1ccc(C#N)cc1.CN(C)C(=S)Sc1ccc(C#N)cc1.CN(C)C(=S)Sc1ccc(CN)cc1.N#Cc1ccc(O)cc1. The monoisotopic (exact) mass is 2140 g/mol. The van der Waals surface area contributed by atoms with Crippen molar-refractivity contribution in [1.82, 2.24) is 44.5 Å². The molecule has 0 spiro atoms. The van der Waals surface area contributed by atoms with Crippen LogP contribution < -0.4 is 31.7 Å². The smallest absolute Gasteiger partial charge is 0.471 e. The number of hydrogen-bond donors (Lipinski definition) is 6. The molecule has 0 aliphatic carbocycles. The molecule has 38 heteroatoms. The summed E-state index contributed by atoms with van der Waals surface area (Å²) in [6, 6.07) is 69.6. The molecule has 13 rings (SSSR count). The molecule has 0 fully saturated rings. The zero-order chi connectivity index (χ0) is 105. The van der Waals surface area contributed by atoms with Gasteiger partial charge in [0, 0.05) is 161 Å². The van der Waals surface area contributed by atoms with Crippen molar-refractivity contribution in [1.29, 1.82) is 15.8 Å². The molecule has 142 heavy (non-hydrogen) atoms. The van der Waals surface area contributed by atoms with Crippen molar-refractivity contribution in [2.45, 2.75) is 122 Å². The number of fused-ring (bicyclic) bond motifs is 3. The number of anilines is 3. The number of amides is 5. The molecule has 0 saturated heterocycles. The molecular formula is C104H118Cl3F3N16O8S8. The van der Waals surface area contributed by atoms with E-state index in [1.165, 1.54) is 69.0 Å². The number of nitriles is 3. The Morgan fingerprint density at radius 2 is 0.732 bits per heavy atom. The first-order valence-corrected chi connectivity index (χ1v) is 51.1. The lowest BCUT2D eigenvalue weighted by molar-refractivity contribution is -0.185. The summed E-state index contributed by atoms with van der Waals surface area (Å²) in [5.41, 5.74) is 20.6. The van der Waals surface area contributed by atoms with E-state index in [0.717, 1.165) is 137 Å². The van der Waals surface area contributed by atoms with E-state index in [1.807, 2.05) is 194 Å². The molecule has 0 bridgehead atoms. The summed E-state index contributed by atoms with van der Waals surface area (Å²) in [6.07, 6.45) is -1.06. The Morgan fingerprint density at radius 1 is 0.423 bits per heavy atom. The molecule has 3 heterocycles. The second kappa shape index (κ2) is 59.2. The summed E-state index contributed by atoms with van der Waals surface area (Å²) in [4.78, 5) is 77.3. The highest BCUT2D eigenvalue weighted by atomic mass is 35.5. The molecule has 10 aromatic carbocycles. The van der Waals surface area contributed by atoms with Crippen LogP contribution in [0.15, 0.2) is 231 Å². The Morgan fingerprint density at radius 3 is 1.07 bits per heavy atom. The van der Waals surface area contributed by atoms with Gasteiger partial charge in [-0.1, -0.05) is 149 Å². The first-order chi connectivity index (χ1) is 67.3. The van der Waals surface area contributed by atoms with Crippen LogP contribution in [0.25, 0.3) is 0 Å². The third kappa shape index (κ3) is 40.6. The minimum Gasteiger partial charge on any atom is -0.508 e. The Kier molecular flexibility index (Phi) is 49.1. The van der Waals surface area contributed by atoms with Crippen molar-refractivity contribution in [3.8, 4) is 29.7 Å². The predicted octanol–water partition coefficient (Wildman–Crippen LogP) is 23.3. The number of thiocarbonyl (C=S) groups is 3. The minimum absolute atomic E-state index is 0.0000564. The number of nitrogens with one attached hydrogen (secondary N) is 4. The summed E-state index contributed by atoms with van der Waals surface area (Å²) in [5, 5.41) is 50.3. The Balaban J connectivity index is 0.000000234. The fourth-order valence-corrected chi connectivity index (χ4v) is 17.7. The number of ether oxygens (including phenoxy) is 2. The van der Waals surface area contributed by atoms with E-state index in [2.05, 4.69) is 51.6 Å². The number of rotatable bonds is 16. The van der Waals surface area contributed by atoms with Gasteiger partial charge < -0.3 is 80.8 Å². The summed E-state index contributed by atoms with van der Waals surface area (Å²) in [6.45, 7) is 11.2. The van der Waals surface area contributed by atoms with Gasteiger partial charge in [0.15, 0.2) is 0 Å². The van der Waals surface area contributed by atoms with Crippen molar-refractivity contribution in [2.75, 3.05) is 140 Å². The highest BCUT2D eigenvalue weighted by molar-refractivity contribution is 8.23. The summed E-state index contributed by atoms with van der Waals surface area (Å²) in [5.74, 6) is -0.978. The lowest BCUT2D eigenvalue weighted by Crippen LogP contribution is -2.42. The number of nitrogens with two attached hydrogens (primary N) is 1. The lowest BCUT2D eigenvalue weighted by Gasteiger charge is -2.26. The maximum Gasteiger partial charge on any atom is 0.471 e. The third-order valence-corrected chi connectivity index (χ3v) is 28.5. The van der Waals surface area contributed by atoms with E-state index in [0.29, 0.717) is 95.5 Å². The average molecular weight is 2140 g/mol. The molecule has 0 radical (unpaired) electrons. The lowest BCUT2D eigenvalue weighted by atomic mass is 10.0. The number of hydrogen-bond acceptors (Lipinski definition) is 24. The zero-order valence-electron chi connectivity index (χ0n) is 81.8. The number of thioether (sulfide) groups is 5. The van der Waals surface area contributed by atoms with Crippen LogP contribution in [0.5, 0.6) is 11.5 Å². The molecule has 5 amide bonds. The highest BCUT2D eigenvalue weighted by Crippen LogP contribution is 2.38. The van der Waals surface area contributed by atoms with Gasteiger partial charge in [0.25, 0.3) is 20.9 Å². The molecule has 0 unspecified atom stereocenters. The maximum absolute atomic E-state index is 12.8.